The number of rotatable bonds is 7. The van der Waals surface area contributed by atoms with Crippen molar-refractivity contribution in [1.82, 2.24) is 10.2 Å². The molecule has 2 atom stereocenters. The smallest absolute Gasteiger partial charge is 0.328 e. The van der Waals surface area contributed by atoms with Gasteiger partial charge in [-0.1, -0.05) is 0 Å². The van der Waals surface area contributed by atoms with Crippen LogP contribution in [0.1, 0.15) is 51.9 Å². The largest absolute Gasteiger partial charge is 0.478 e. The highest BCUT2D eigenvalue weighted by Crippen LogP contribution is 2.52. The van der Waals surface area contributed by atoms with Gasteiger partial charge in [0.2, 0.25) is 5.91 Å². The number of ether oxygens (including phenoxy) is 1. The third-order valence-electron chi connectivity index (χ3n) is 6.66. The summed E-state index contributed by atoms with van der Waals surface area (Å²) in [6.45, 7) is 2.37. The van der Waals surface area contributed by atoms with Gasteiger partial charge in [0.1, 0.15) is 12.2 Å². The van der Waals surface area contributed by atoms with Gasteiger partial charge in [-0.25, -0.2) is 14.0 Å². The molecule has 3 aliphatic carbocycles. The monoisotopic (exact) mass is 467 g/mol. The first kappa shape index (κ1) is 26.3. The van der Waals surface area contributed by atoms with Crippen molar-refractivity contribution in [2.75, 3.05) is 19.7 Å². The van der Waals surface area contributed by atoms with Gasteiger partial charge in [0, 0.05) is 24.1 Å². The van der Waals surface area contributed by atoms with Crippen LogP contribution in [0.3, 0.4) is 0 Å². The molecular weight excluding hydrogens is 437 g/mol. The molecule has 0 aromatic heterocycles. The highest BCUT2D eigenvalue weighted by Gasteiger charge is 2.53. The quantitative estimate of drug-likeness (QED) is 0.372. The number of esters is 1. The third kappa shape index (κ3) is 6.74. The van der Waals surface area contributed by atoms with Gasteiger partial charge in [0.05, 0.1) is 31.2 Å². The van der Waals surface area contributed by atoms with Crippen molar-refractivity contribution in [1.29, 1.82) is 5.26 Å². The summed E-state index contributed by atoms with van der Waals surface area (Å²) in [7, 11) is 0. The van der Waals surface area contributed by atoms with Crippen LogP contribution in [0.5, 0.6) is 0 Å². The molecule has 1 heterocycles. The first-order chi connectivity index (χ1) is 15.6. The van der Waals surface area contributed by atoms with Crippen molar-refractivity contribution in [3.05, 3.63) is 12.2 Å². The van der Waals surface area contributed by atoms with Gasteiger partial charge in [0.15, 0.2) is 0 Å². The fourth-order valence-electron chi connectivity index (χ4n) is 4.73. The van der Waals surface area contributed by atoms with Gasteiger partial charge in [-0.2, -0.15) is 5.26 Å². The number of aliphatic carboxylic acids is 2. The van der Waals surface area contributed by atoms with E-state index in [9.17, 15) is 23.6 Å². The zero-order valence-corrected chi connectivity index (χ0v) is 18.6. The van der Waals surface area contributed by atoms with E-state index < -0.39 is 24.2 Å². The predicted octanol–water partition coefficient (Wildman–Crippen LogP) is 1.41. The molecule has 3 saturated carbocycles. The van der Waals surface area contributed by atoms with Crippen LogP contribution in [-0.2, 0) is 23.9 Å². The number of carbonyl (C=O) groups is 4. The Bertz CT molecular complexity index is 798. The first-order valence-corrected chi connectivity index (χ1v) is 11.0. The number of hydrogen-bond donors (Lipinski definition) is 3. The zero-order valence-electron chi connectivity index (χ0n) is 18.6. The molecule has 1 saturated heterocycles. The van der Waals surface area contributed by atoms with Crippen LogP contribution in [0.15, 0.2) is 12.2 Å². The van der Waals surface area contributed by atoms with E-state index in [0.29, 0.717) is 18.8 Å². The lowest BCUT2D eigenvalue weighted by Gasteiger charge is -2.52. The summed E-state index contributed by atoms with van der Waals surface area (Å²) in [4.78, 5) is 45.1. The Morgan fingerprint density at radius 1 is 1.12 bits per heavy atom. The zero-order chi connectivity index (χ0) is 24.6. The van der Waals surface area contributed by atoms with Crippen molar-refractivity contribution in [2.24, 2.45) is 5.41 Å². The van der Waals surface area contributed by atoms with Crippen LogP contribution >= 0.6 is 0 Å². The van der Waals surface area contributed by atoms with Crippen LogP contribution < -0.4 is 5.32 Å². The molecule has 2 bridgehead atoms. The van der Waals surface area contributed by atoms with Gasteiger partial charge in [0.25, 0.3) is 0 Å². The fourth-order valence-corrected chi connectivity index (χ4v) is 4.73. The van der Waals surface area contributed by atoms with Crippen molar-refractivity contribution < 1.29 is 38.5 Å². The molecule has 4 fully saturated rings. The predicted molar refractivity (Wildman–Crippen MR) is 113 cm³/mol. The minimum absolute atomic E-state index is 0.0116. The van der Waals surface area contributed by atoms with Crippen LogP contribution in [-0.4, -0.2) is 76.4 Å². The average molecular weight is 467 g/mol. The number of carboxylic acids is 2. The molecule has 3 N–H and O–H groups in total. The van der Waals surface area contributed by atoms with Crippen molar-refractivity contribution in [3.8, 4) is 6.07 Å². The lowest BCUT2D eigenvalue weighted by atomic mass is 9.57. The van der Waals surface area contributed by atoms with E-state index in [1.54, 1.807) is 0 Å². The van der Waals surface area contributed by atoms with Gasteiger partial charge in [-0.3, -0.25) is 9.59 Å². The van der Waals surface area contributed by atoms with Crippen molar-refractivity contribution in [3.63, 3.8) is 0 Å². The summed E-state index contributed by atoms with van der Waals surface area (Å²) in [5.74, 6) is -2.81. The Kier molecular flexibility index (Phi) is 8.93. The molecule has 4 aliphatic rings. The van der Waals surface area contributed by atoms with Crippen LogP contribution in [0, 0.1) is 16.7 Å². The minimum Gasteiger partial charge on any atom is -0.478 e. The molecular formula is C22H30FN3O7. The molecule has 1 aliphatic heterocycles. The molecule has 10 nitrogen and oxygen atoms in total. The number of halogens is 1. The van der Waals surface area contributed by atoms with Crippen LogP contribution in [0.4, 0.5) is 4.39 Å². The maximum atomic E-state index is 13.5. The van der Waals surface area contributed by atoms with E-state index in [4.69, 9.17) is 20.2 Å². The van der Waals surface area contributed by atoms with Gasteiger partial charge >= 0.3 is 17.9 Å². The number of amides is 1. The molecule has 33 heavy (non-hydrogen) atoms. The SMILES string of the molecule is CCOC(=O)C12CCC(NCC(=O)N3C[C@@H](F)C[C@H]3C#N)(CC1)CC2.O=C(O)/C=C\C(=O)O. The molecule has 0 aromatic carbocycles. The number of nitrogens with one attached hydrogen (secondary N) is 1. The summed E-state index contributed by atoms with van der Waals surface area (Å²) in [6, 6.07) is 1.35. The maximum Gasteiger partial charge on any atom is 0.328 e. The number of nitriles is 1. The normalized spacial score (nSPS) is 30.3. The molecule has 0 aromatic rings. The Balaban J connectivity index is 0.000000414. The molecule has 1 amide bonds. The lowest BCUT2D eigenvalue weighted by molar-refractivity contribution is -0.163. The fraction of sp³-hybridized carbons (Fsp3) is 0.682. The number of fused-ring (bicyclic) bond motifs is 3. The summed E-state index contributed by atoms with van der Waals surface area (Å²) < 4.78 is 18.7. The molecule has 0 radical (unpaired) electrons. The van der Waals surface area contributed by atoms with E-state index in [2.05, 4.69) is 5.32 Å². The molecule has 4 rings (SSSR count). The maximum absolute atomic E-state index is 13.5. The van der Waals surface area contributed by atoms with Gasteiger partial charge in [-0.05, 0) is 45.4 Å². The van der Waals surface area contributed by atoms with Gasteiger partial charge < -0.3 is 25.2 Å². The Hall–Kier alpha value is -3.00. The van der Waals surface area contributed by atoms with Crippen molar-refractivity contribution in [2.45, 2.75) is 69.6 Å². The number of alkyl halides is 1. The summed E-state index contributed by atoms with van der Waals surface area (Å²) in [5, 5.41) is 28.1. The second-order valence-electron chi connectivity index (χ2n) is 8.67. The standard InChI is InChI=1S/C18H26FN3O3.C4H4O4/c1-2-25-16(24)17-3-6-18(7-4-17,8-5-17)21-11-15(23)22-12-13(19)9-14(22)10-20;5-3(6)1-2-4(7)8/h13-14,21H,2-9,11-12H2,1H3;1-2H,(H,5,6)(H,7,8)/b;2-1-/t13-,14-,17?,18?;/m0./s1. The van der Waals surface area contributed by atoms with Crippen LogP contribution in [0.25, 0.3) is 0 Å². The summed E-state index contributed by atoms with van der Waals surface area (Å²) >= 11 is 0. The number of hydrogen-bond acceptors (Lipinski definition) is 7. The number of likely N-dealkylation sites (tertiary alicyclic amines) is 1. The third-order valence-corrected chi connectivity index (χ3v) is 6.66. The van der Waals surface area contributed by atoms with E-state index >= 15 is 0 Å². The van der Waals surface area contributed by atoms with Gasteiger partial charge in [-0.15, -0.1) is 0 Å². The van der Waals surface area contributed by atoms with E-state index in [1.165, 1.54) is 4.90 Å². The summed E-state index contributed by atoms with van der Waals surface area (Å²) in [6.07, 6.45) is 4.98. The highest BCUT2D eigenvalue weighted by molar-refractivity contribution is 5.89. The number of carboxylic acid groups (broad SMARTS) is 2. The lowest BCUT2D eigenvalue weighted by Crippen LogP contribution is -2.58. The topological polar surface area (TPSA) is 157 Å². The second kappa shape index (κ2) is 11.2. The molecule has 0 spiro atoms. The highest BCUT2D eigenvalue weighted by atomic mass is 19.1. The number of carbonyl (C=O) groups excluding carboxylic acids is 2. The first-order valence-electron chi connectivity index (χ1n) is 11.0. The molecule has 182 valence electrons. The Morgan fingerprint density at radius 3 is 2.12 bits per heavy atom. The van der Waals surface area contributed by atoms with Crippen molar-refractivity contribution >= 4 is 23.8 Å². The Labute approximate surface area is 191 Å². The van der Waals surface area contributed by atoms with E-state index in [-0.39, 0.29) is 42.3 Å². The summed E-state index contributed by atoms with van der Waals surface area (Å²) in [5.41, 5.74) is -0.466. The van der Waals surface area contributed by atoms with E-state index in [0.717, 1.165) is 38.5 Å². The van der Waals surface area contributed by atoms with Crippen LogP contribution in [0.2, 0.25) is 0 Å². The minimum atomic E-state index is -1.26. The second-order valence-corrected chi connectivity index (χ2v) is 8.67. The van der Waals surface area contributed by atoms with E-state index in [1.807, 2.05) is 13.0 Å². The molecule has 0 unspecified atom stereocenters. The Morgan fingerprint density at radius 2 is 1.67 bits per heavy atom. The average Bonchev–Trinajstić information content (AvgIpc) is 3.19. The molecule has 11 heteroatoms. The number of nitrogens with zero attached hydrogens (tertiary/aromatic N) is 2.